The average molecular weight is 311 g/mol. The van der Waals surface area contributed by atoms with Gasteiger partial charge in [-0.15, -0.1) is 0 Å². The maximum atomic E-state index is 3.58. The van der Waals surface area contributed by atoms with Crippen molar-refractivity contribution in [1.82, 2.24) is 5.32 Å². The third-order valence-electron chi connectivity index (χ3n) is 4.22. The first-order valence-corrected chi connectivity index (χ1v) is 7.47. The Balaban J connectivity index is 2.33. The van der Waals surface area contributed by atoms with Crippen molar-refractivity contribution in [3.05, 3.63) is 28.2 Å². The number of nitrogens with one attached hydrogen (secondary N) is 1. The fraction of sp³-hybridized carbons (Fsp3) is 0.600. The molecule has 1 aromatic rings. The number of benzene rings is 1. The SMILES string of the molecule is CNC1CCCN(c2ccc(Br)c(C)c2)C1(C)C. The number of piperidine rings is 1. The number of likely N-dealkylation sites (N-methyl/N-ethyl adjacent to an activating group) is 1. The molecule has 2 rings (SSSR count). The maximum Gasteiger partial charge on any atom is 0.0498 e. The van der Waals surface area contributed by atoms with Crippen molar-refractivity contribution in [2.75, 3.05) is 18.5 Å². The van der Waals surface area contributed by atoms with Crippen LogP contribution in [-0.2, 0) is 0 Å². The van der Waals surface area contributed by atoms with Crippen LogP contribution in [0.25, 0.3) is 0 Å². The van der Waals surface area contributed by atoms with Crippen LogP contribution in [0.15, 0.2) is 22.7 Å². The van der Waals surface area contributed by atoms with E-state index in [-0.39, 0.29) is 5.54 Å². The number of aryl methyl sites for hydroxylation is 1. The minimum Gasteiger partial charge on any atom is -0.365 e. The van der Waals surface area contributed by atoms with E-state index in [1.807, 2.05) is 0 Å². The summed E-state index contributed by atoms with van der Waals surface area (Å²) in [5.41, 5.74) is 2.79. The van der Waals surface area contributed by atoms with Gasteiger partial charge in [-0.05, 0) is 64.4 Å². The van der Waals surface area contributed by atoms with Crippen LogP contribution in [0.3, 0.4) is 0 Å². The Hall–Kier alpha value is -0.540. The highest BCUT2D eigenvalue weighted by molar-refractivity contribution is 9.10. The first-order chi connectivity index (χ1) is 8.46. The molecular formula is C15H23BrN2. The smallest absolute Gasteiger partial charge is 0.0498 e. The lowest BCUT2D eigenvalue weighted by Gasteiger charge is -2.49. The highest BCUT2D eigenvalue weighted by Gasteiger charge is 2.37. The predicted molar refractivity (Wildman–Crippen MR) is 82.4 cm³/mol. The standard InChI is InChI=1S/C15H23BrN2/c1-11-10-12(7-8-13(11)16)18-9-5-6-14(17-4)15(18,2)3/h7-8,10,14,17H,5-6,9H2,1-4H3. The van der Waals surface area contributed by atoms with Gasteiger partial charge in [0.2, 0.25) is 0 Å². The van der Waals surface area contributed by atoms with Crippen molar-refractivity contribution in [2.45, 2.75) is 45.2 Å². The number of hydrogen-bond donors (Lipinski definition) is 1. The van der Waals surface area contributed by atoms with Crippen molar-refractivity contribution >= 4 is 21.6 Å². The lowest BCUT2D eigenvalue weighted by Crippen LogP contribution is -2.60. The number of halogens is 1. The van der Waals surface area contributed by atoms with E-state index in [1.54, 1.807) is 0 Å². The van der Waals surface area contributed by atoms with Crippen LogP contribution >= 0.6 is 15.9 Å². The third-order valence-corrected chi connectivity index (χ3v) is 5.11. The molecule has 1 atom stereocenters. The monoisotopic (exact) mass is 310 g/mol. The van der Waals surface area contributed by atoms with Crippen molar-refractivity contribution in [1.29, 1.82) is 0 Å². The Bertz CT molecular complexity index is 429. The van der Waals surface area contributed by atoms with Crippen molar-refractivity contribution in [3.8, 4) is 0 Å². The van der Waals surface area contributed by atoms with Gasteiger partial charge in [0.25, 0.3) is 0 Å². The molecule has 0 radical (unpaired) electrons. The molecule has 0 aromatic heterocycles. The van der Waals surface area contributed by atoms with E-state index in [2.05, 4.69) is 72.2 Å². The quantitative estimate of drug-likeness (QED) is 0.895. The van der Waals surface area contributed by atoms with Gasteiger partial charge in [0.15, 0.2) is 0 Å². The van der Waals surface area contributed by atoms with E-state index in [4.69, 9.17) is 0 Å². The minimum absolute atomic E-state index is 0.160. The fourth-order valence-electron chi connectivity index (χ4n) is 3.04. The molecule has 1 N–H and O–H groups in total. The summed E-state index contributed by atoms with van der Waals surface area (Å²) in [6.45, 7) is 7.97. The second-order valence-electron chi connectivity index (χ2n) is 5.72. The largest absolute Gasteiger partial charge is 0.365 e. The summed E-state index contributed by atoms with van der Waals surface area (Å²) in [7, 11) is 2.07. The zero-order chi connectivity index (χ0) is 13.3. The highest BCUT2D eigenvalue weighted by atomic mass is 79.9. The van der Waals surface area contributed by atoms with Gasteiger partial charge in [-0.3, -0.25) is 0 Å². The molecule has 100 valence electrons. The van der Waals surface area contributed by atoms with Crippen molar-refractivity contribution in [3.63, 3.8) is 0 Å². The summed E-state index contributed by atoms with van der Waals surface area (Å²) in [5, 5.41) is 3.47. The van der Waals surface area contributed by atoms with Crippen LogP contribution < -0.4 is 10.2 Å². The number of nitrogens with zero attached hydrogens (tertiary/aromatic N) is 1. The van der Waals surface area contributed by atoms with Gasteiger partial charge in [-0.2, -0.15) is 0 Å². The van der Waals surface area contributed by atoms with Gasteiger partial charge in [0, 0.05) is 28.3 Å². The van der Waals surface area contributed by atoms with Gasteiger partial charge in [-0.25, -0.2) is 0 Å². The van der Waals surface area contributed by atoms with Gasteiger partial charge < -0.3 is 10.2 Å². The molecule has 0 bridgehead atoms. The molecule has 2 nitrogen and oxygen atoms in total. The Kier molecular flexibility index (Phi) is 4.02. The number of anilines is 1. The average Bonchev–Trinajstić information content (AvgIpc) is 2.32. The Labute approximate surface area is 119 Å². The summed E-state index contributed by atoms with van der Waals surface area (Å²) < 4.78 is 1.19. The summed E-state index contributed by atoms with van der Waals surface area (Å²) in [5.74, 6) is 0. The van der Waals surface area contributed by atoms with E-state index in [0.29, 0.717) is 6.04 Å². The predicted octanol–water partition coefficient (Wildman–Crippen LogP) is 3.72. The molecule has 0 saturated carbocycles. The normalized spacial score (nSPS) is 23.2. The van der Waals surface area contributed by atoms with Crippen LogP contribution in [0.2, 0.25) is 0 Å². The maximum absolute atomic E-state index is 3.58. The third kappa shape index (κ3) is 2.43. The van der Waals surface area contributed by atoms with Crippen LogP contribution in [0.1, 0.15) is 32.3 Å². The topological polar surface area (TPSA) is 15.3 Å². The second-order valence-corrected chi connectivity index (χ2v) is 6.58. The molecule has 3 heteroatoms. The minimum atomic E-state index is 0.160. The van der Waals surface area contributed by atoms with Gasteiger partial charge in [-0.1, -0.05) is 15.9 Å². The summed E-state index contributed by atoms with van der Waals surface area (Å²) in [4.78, 5) is 2.54. The zero-order valence-corrected chi connectivity index (χ0v) is 13.3. The molecule has 1 fully saturated rings. The molecule has 1 aliphatic heterocycles. The van der Waals surface area contributed by atoms with Crippen LogP contribution in [0.4, 0.5) is 5.69 Å². The summed E-state index contributed by atoms with van der Waals surface area (Å²) >= 11 is 3.58. The van der Waals surface area contributed by atoms with Crippen molar-refractivity contribution < 1.29 is 0 Å². The zero-order valence-electron chi connectivity index (χ0n) is 11.8. The van der Waals surface area contributed by atoms with E-state index in [1.165, 1.54) is 28.6 Å². The van der Waals surface area contributed by atoms with E-state index in [0.717, 1.165) is 6.54 Å². The molecular weight excluding hydrogens is 288 g/mol. The second kappa shape index (κ2) is 5.22. The van der Waals surface area contributed by atoms with E-state index >= 15 is 0 Å². The van der Waals surface area contributed by atoms with Crippen LogP contribution in [0, 0.1) is 6.92 Å². The molecule has 18 heavy (non-hydrogen) atoms. The molecule has 0 spiro atoms. The molecule has 1 aromatic carbocycles. The van der Waals surface area contributed by atoms with Crippen molar-refractivity contribution in [2.24, 2.45) is 0 Å². The molecule has 1 unspecified atom stereocenters. The Morgan fingerprint density at radius 1 is 1.39 bits per heavy atom. The highest BCUT2D eigenvalue weighted by Crippen LogP contribution is 2.34. The summed E-state index contributed by atoms with van der Waals surface area (Å²) in [6.07, 6.45) is 2.51. The molecule has 1 aliphatic rings. The van der Waals surface area contributed by atoms with Gasteiger partial charge in [0.05, 0.1) is 0 Å². The first kappa shape index (κ1) is 13.9. The van der Waals surface area contributed by atoms with Crippen LogP contribution in [-0.4, -0.2) is 25.2 Å². The molecule has 1 heterocycles. The summed E-state index contributed by atoms with van der Waals surface area (Å²) in [6, 6.07) is 7.21. The Morgan fingerprint density at radius 2 is 2.11 bits per heavy atom. The van der Waals surface area contributed by atoms with Gasteiger partial charge >= 0.3 is 0 Å². The van der Waals surface area contributed by atoms with Crippen LogP contribution in [0.5, 0.6) is 0 Å². The molecule has 1 saturated heterocycles. The molecule has 0 amide bonds. The number of hydrogen-bond acceptors (Lipinski definition) is 2. The molecule has 0 aliphatic carbocycles. The Morgan fingerprint density at radius 3 is 2.72 bits per heavy atom. The lowest BCUT2D eigenvalue weighted by molar-refractivity contribution is 0.275. The van der Waals surface area contributed by atoms with E-state index < -0.39 is 0 Å². The number of rotatable bonds is 2. The van der Waals surface area contributed by atoms with E-state index in [9.17, 15) is 0 Å². The fourth-order valence-corrected chi connectivity index (χ4v) is 3.29. The first-order valence-electron chi connectivity index (χ1n) is 6.68. The lowest BCUT2D eigenvalue weighted by atomic mass is 9.84. The van der Waals surface area contributed by atoms with Gasteiger partial charge in [0.1, 0.15) is 0 Å².